The van der Waals surface area contributed by atoms with Gasteiger partial charge in [-0.25, -0.2) is 0 Å². The third-order valence-electron chi connectivity index (χ3n) is 7.01. The molecule has 0 aliphatic carbocycles. The van der Waals surface area contributed by atoms with E-state index in [0.29, 0.717) is 0 Å². The van der Waals surface area contributed by atoms with Gasteiger partial charge in [0.15, 0.2) is 11.2 Å². The van der Waals surface area contributed by atoms with Crippen molar-refractivity contribution in [2.45, 2.75) is 57.8 Å². The summed E-state index contributed by atoms with van der Waals surface area (Å²) in [5, 5.41) is 18.5. The van der Waals surface area contributed by atoms with Crippen LogP contribution in [-0.2, 0) is 27.3 Å². The first-order chi connectivity index (χ1) is 20.1. The molecule has 2 aromatic carbocycles. The van der Waals surface area contributed by atoms with E-state index >= 15 is 0 Å². The summed E-state index contributed by atoms with van der Waals surface area (Å²) in [7, 11) is 1.47. The highest BCUT2D eigenvalue weighted by atomic mass is 16.4. The Morgan fingerprint density at radius 1 is 0.881 bits per heavy atom. The van der Waals surface area contributed by atoms with Crippen LogP contribution in [0.2, 0.25) is 0 Å². The summed E-state index contributed by atoms with van der Waals surface area (Å²) in [4.78, 5) is 64.3. The molecule has 2 heterocycles. The van der Waals surface area contributed by atoms with Gasteiger partial charge in [0, 0.05) is 20.0 Å². The van der Waals surface area contributed by atoms with Gasteiger partial charge in [0.05, 0.1) is 16.8 Å². The standard InChI is InChI=1S/C30H34N4O8/c1-17(2)13-22(27(36)33-23(26(35)31-3)14-18-7-5-4-6-8-18)32-21(30(39)40)9-10-34-28(37)19-15-24-25(42-12-11-41-24)16-20(19)29(34)38/h4-8,11-12,15-17,21-23,32H,9-10,13-14H2,1-3H3,(H,31,35)(H,33,36)(H,39,40)/t21-,22+,23+/m1/s1. The van der Waals surface area contributed by atoms with Crippen LogP contribution in [0.15, 0.2) is 73.4 Å². The molecular weight excluding hydrogens is 544 g/mol. The number of fused-ring (bicyclic) bond motifs is 2. The SMILES string of the molecule is CNC(=O)[C@H](Cc1ccccc1)NC(=O)[C@H](CC(C)C)N[C@H](CCn1c(=O)c2cc3occoc3cc2c1=O)C(=O)O. The highest BCUT2D eigenvalue weighted by molar-refractivity contribution is 5.93. The summed E-state index contributed by atoms with van der Waals surface area (Å²) >= 11 is 0. The average Bonchev–Trinajstić information content (AvgIpc) is 3.20. The van der Waals surface area contributed by atoms with Crippen LogP contribution in [-0.4, -0.2) is 52.6 Å². The van der Waals surface area contributed by atoms with Crippen LogP contribution in [0.3, 0.4) is 0 Å². The molecule has 12 nitrogen and oxygen atoms in total. The first-order valence-corrected chi connectivity index (χ1v) is 13.7. The van der Waals surface area contributed by atoms with Crippen molar-refractivity contribution in [3.63, 3.8) is 0 Å². The first kappa shape index (κ1) is 30.3. The lowest BCUT2D eigenvalue weighted by molar-refractivity contribution is -0.140. The van der Waals surface area contributed by atoms with Gasteiger partial charge in [-0.1, -0.05) is 44.2 Å². The Hall–Kier alpha value is -4.71. The van der Waals surface area contributed by atoms with E-state index in [1.54, 1.807) is 0 Å². The molecule has 4 N–H and O–H groups in total. The Morgan fingerprint density at radius 2 is 1.48 bits per heavy atom. The molecule has 0 unspecified atom stereocenters. The number of likely N-dealkylation sites (N-methyl/N-ethyl adjacent to an activating group) is 1. The number of carbonyl (C=O) groups is 3. The second-order valence-electron chi connectivity index (χ2n) is 10.5. The predicted molar refractivity (Wildman–Crippen MR) is 155 cm³/mol. The topological polar surface area (TPSA) is 173 Å². The molecule has 0 aliphatic heterocycles. The summed E-state index contributed by atoms with van der Waals surface area (Å²) in [6.45, 7) is 3.57. The van der Waals surface area contributed by atoms with Crippen molar-refractivity contribution in [3.05, 3.63) is 81.3 Å². The summed E-state index contributed by atoms with van der Waals surface area (Å²) in [6.07, 6.45) is 2.99. The van der Waals surface area contributed by atoms with Gasteiger partial charge in [0.1, 0.15) is 24.6 Å². The third kappa shape index (κ3) is 6.95. The molecule has 0 saturated heterocycles. The van der Waals surface area contributed by atoms with Gasteiger partial charge in [-0.2, -0.15) is 0 Å². The van der Waals surface area contributed by atoms with E-state index in [2.05, 4.69) is 16.0 Å². The largest absolute Gasteiger partial charge is 0.480 e. The molecule has 0 radical (unpaired) electrons. The van der Waals surface area contributed by atoms with Gasteiger partial charge in [-0.3, -0.25) is 33.9 Å². The van der Waals surface area contributed by atoms with Crippen molar-refractivity contribution in [2.24, 2.45) is 5.92 Å². The summed E-state index contributed by atoms with van der Waals surface area (Å²) in [5.74, 6) is -2.15. The summed E-state index contributed by atoms with van der Waals surface area (Å²) in [6, 6.07) is 8.95. The number of carboxylic acid groups (broad SMARTS) is 1. The maximum absolute atomic E-state index is 13.4. The van der Waals surface area contributed by atoms with Crippen molar-refractivity contribution < 1.29 is 28.3 Å². The Balaban J connectivity index is 1.53. The quantitative estimate of drug-likeness (QED) is 0.185. The van der Waals surface area contributed by atoms with Crippen molar-refractivity contribution in [1.29, 1.82) is 0 Å². The number of nitrogens with one attached hydrogen (secondary N) is 3. The number of hydrogen-bond donors (Lipinski definition) is 4. The van der Waals surface area contributed by atoms with E-state index in [0.717, 1.165) is 10.1 Å². The van der Waals surface area contributed by atoms with Crippen molar-refractivity contribution in [3.8, 4) is 0 Å². The van der Waals surface area contributed by atoms with Gasteiger partial charge < -0.3 is 24.6 Å². The van der Waals surface area contributed by atoms with E-state index in [1.807, 2.05) is 44.2 Å². The number of carbonyl (C=O) groups excluding carboxylic acids is 2. The van der Waals surface area contributed by atoms with Gasteiger partial charge >= 0.3 is 5.97 Å². The maximum Gasteiger partial charge on any atom is 0.320 e. The van der Waals surface area contributed by atoms with Crippen LogP contribution >= 0.6 is 0 Å². The Labute approximate surface area is 240 Å². The second-order valence-corrected chi connectivity index (χ2v) is 10.5. The molecule has 0 aliphatic rings. The Bertz CT molecular complexity index is 1620. The average molecular weight is 579 g/mol. The summed E-state index contributed by atoms with van der Waals surface area (Å²) < 4.78 is 11.7. The molecule has 12 heteroatoms. The number of hydrogen-bond acceptors (Lipinski definition) is 8. The number of aliphatic carboxylic acids is 1. The number of carboxylic acids is 1. The van der Waals surface area contributed by atoms with E-state index in [9.17, 15) is 29.1 Å². The molecule has 3 atom stereocenters. The lowest BCUT2D eigenvalue weighted by Gasteiger charge is -2.26. The zero-order valence-corrected chi connectivity index (χ0v) is 23.6. The van der Waals surface area contributed by atoms with Crippen molar-refractivity contribution >= 4 is 39.7 Å². The predicted octanol–water partition coefficient (Wildman–Crippen LogP) is 2.02. The molecule has 2 aromatic heterocycles. The molecule has 2 amide bonds. The molecule has 222 valence electrons. The fourth-order valence-corrected chi connectivity index (χ4v) is 4.89. The lowest BCUT2D eigenvalue weighted by atomic mass is 10.00. The van der Waals surface area contributed by atoms with Crippen LogP contribution in [0.5, 0.6) is 0 Å². The number of aromatic nitrogens is 1. The zero-order chi connectivity index (χ0) is 30.4. The zero-order valence-electron chi connectivity index (χ0n) is 23.6. The van der Waals surface area contributed by atoms with Gasteiger partial charge in [0.25, 0.3) is 11.1 Å². The molecule has 0 spiro atoms. The maximum atomic E-state index is 13.4. The highest BCUT2D eigenvalue weighted by Gasteiger charge is 2.30. The number of nitrogens with zero attached hydrogens (tertiary/aromatic N) is 1. The number of rotatable bonds is 13. The van der Waals surface area contributed by atoms with E-state index in [4.69, 9.17) is 8.83 Å². The minimum absolute atomic E-state index is 0.0106. The van der Waals surface area contributed by atoms with E-state index < -0.39 is 41.1 Å². The summed E-state index contributed by atoms with van der Waals surface area (Å²) in [5.41, 5.74) is 0.263. The molecule has 0 bridgehead atoms. The lowest BCUT2D eigenvalue weighted by Crippen LogP contribution is -2.56. The molecule has 0 fully saturated rings. The van der Waals surface area contributed by atoms with Gasteiger partial charge in [-0.05, 0) is 36.5 Å². The van der Waals surface area contributed by atoms with Crippen molar-refractivity contribution in [1.82, 2.24) is 20.5 Å². The first-order valence-electron chi connectivity index (χ1n) is 13.7. The Kier molecular flexibility index (Phi) is 9.58. The van der Waals surface area contributed by atoms with Crippen LogP contribution in [0, 0.1) is 5.92 Å². The number of amides is 2. The minimum atomic E-state index is -1.26. The van der Waals surface area contributed by atoms with Gasteiger partial charge in [-0.15, -0.1) is 0 Å². The van der Waals surface area contributed by atoms with E-state index in [1.165, 1.54) is 31.7 Å². The van der Waals surface area contributed by atoms with Crippen molar-refractivity contribution in [2.75, 3.05) is 7.05 Å². The van der Waals surface area contributed by atoms with Gasteiger partial charge in [0.2, 0.25) is 11.8 Å². The molecule has 4 aromatic rings. The molecule has 0 saturated carbocycles. The number of benzene rings is 2. The smallest absolute Gasteiger partial charge is 0.320 e. The fourth-order valence-electron chi connectivity index (χ4n) is 4.89. The Morgan fingerprint density at radius 3 is 2.00 bits per heavy atom. The monoisotopic (exact) mass is 578 g/mol. The molecular formula is C30H34N4O8. The fraction of sp³-hybridized carbons (Fsp3) is 0.367. The van der Waals surface area contributed by atoms with Crippen LogP contribution in [0.4, 0.5) is 0 Å². The molecule has 42 heavy (non-hydrogen) atoms. The second kappa shape index (κ2) is 13.3. The minimum Gasteiger partial charge on any atom is -0.480 e. The third-order valence-corrected chi connectivity index (χ3v) is 7.01. The van der Waals surface area contributed by atoms with Crippen LogP contribution in [0.1, 0.15) is 32.3 Å². The van der Waals surface area contributed by atoms with Crippen LogP contribution in [0.25, 0.3) is 21.9 Å². The van der Waals surface area contributed by atoms with E-state index in [-0.39, 0.29) is 59.6 Å². The normalized spacial score (nSPS) is 13.6. The van der Waals surface area contributed by atoms with Crippen LogP contribution < -0.4 is 27.1 Å². The highest BCUT2D eigenvalue weighted by Crippen LogP contribution is 2.19. The molecule has 4 rings (SSSR count).